The summed E-state index contributed by atoms with van der Waals surface area (Å²) in [6.07, 6.45) is 0. The number of amides is 1. The molecule has 152 valence electrons. The second kappa shape index (κ2) is 7.27. The van der Waals surface area contributed by atoms with Gasteiger partial charge in [-0.3, -0.25) is 9.48 Å². The lowest BCUT2D eigenvalue weighted by molar-refractivity contribution is 0.0696. The molecule has 1 aliphatic rings. The molecule has 0 saturated carbocycles. The normalized spacial score (nSPS) is 15.8. The van der Waals surface area contributed by atoms with Crippen LogP contribution in [0.25, 0.3) is 10.8 Å². The molecule has 0 bridgehead atoms. The predicted molar refractivity (Wildman–Crippen MR) is 111 cm³/mol. The summed E-state index contributed by atoms with van der Waals surface area (Å²) in [6.45, 7) is 4.96. The van der Waals surface area contributed by atoms with Crippen molar-refractivity contribution < 1.29 is 13.2 Å². The number of aryl methyl sites for hydroxylation is 2. The van der Waals surface area contributed by atoms with E-state index in [-0.39, 0.29) is 23.9 Å². The molecule has 4 rings (SSSR count). The fourth-order valence-electron chi connectivity index (χ4n) is 3.85. The molecule has 0 radical (unpaired) electrons. The highest BCUT2D eigenvalue weighted by molar-refractivity contribution is 7.89. The number of rotatable bonds is 3. The first kappa shape index (κ1) is 19.6. The Balaban J connectivity index is 1.51. The van der Waals surface area contributed by atoms with Gasteiger partial charge in [0.2, 0.25) is 10.0 Å². The lowest BCUT2D eigenvalue weighted by Crippen LogP contribution is -2.50. The van der Waals surface area contributed by atoms with Gasteiger partial charge in [-0.25, -0.2) is 8.42 Å². The topological polar surface area (TPSA) is 75.5 Å². The lowest BCUT2D eigenvalue weighted by atomic mass is 10.1. The average molecular weight is 413 g/mol. The van der Waals surface area contributed by atoms with Crippen LogP contribution in [0.2, 0.25) is 0 Å². The Morgan fingerprint density at radius 2 is 1.62 bits per heavy atom. The van der Waals surface area contributed by atoms with Gasteiger partial charge < -0.3 is 4.90 Å². The Hall–Kier alpha value is -2.71. The molecule has 0 atom stereocenters. The number of fused-ring (bicyclic) bond motifs is 1. The van der Waals surface area contributed by atoms with Gasteiger partial charge in [-0.1, -0.05) is 30.3 Å². The Morgan fingerprint density at radius 3 is 2.24 bits per heavy atom. The number of piperazine rings is 1. The van der Waals surface area contributed by atoms with Crippen LogP contribution in [-0.4, -0.2) is 59.5 Å². The summed E-state index contributed by atoms with van der Waals surface area (Å²) >= 11 is 0. The first-order valence-electron chi connectivity index (χ1n) is 9.57. The second-order valence-electron chi connectivity index (χ2n) is 7.37. The lowest BCUT2D eigenvalue weighted by Gasteiger charge is -2.34. The van der Waals surface area contributed by atoms with Crippen molar-refractivity contribution in [2.75, 3.05) is 26.2 Å². The van der Waals surface area contributed by atoms with Gasteiger partial charge in [-0.05, 0) is 36.8 Å². The predicted octanol–water partition coefficient (Wildman–Crippen LogP) is 2.34. The third-order valence-electron chi connectivity index (χ3n) is 5.61. The van der Waals surface area contributed by atoms with Crippen molar-refractivity contribution in [2.45, 2.75) is 18.7 Å². The molecule has 29 heavy (non-hydrogen) atoms. The van der Waals surface area contributed by atoms with Crippen LogP contribution in [0.1, 0.15) is 21.7 Å². The van der Waals surface area contributed by atoms with Crippen molar-refractivity contribution in [3.63, 3.8) is 0 Å². The van der Waals surface area contributed by atoms with Crippen molar-refractivity contribution in [1.29, 1.82) is 0 Å². The van der Waals surface area contributed by atoms with Crippen LogP contribution in [0.4, 0.5) is 0 Å². The highest BCUT2D eigenvalue weighted by Gasteiger charge is 2.32. The minimum atomic E-state index is -3.60. The molecule has 0 spiro atoms. The smallest absolute Gasteiger partial charge is 0.257 e. The molecule has 1 amide bonds. The molecular weight excluding hydrogens is 388 g/mol. The highest BCUT2D eigenvalue weighted by atomic mass is 32.2. The van der Waals surface area contributed by atoms with Gasteiger partial charge in [0.25, 0.3) is 5.91 Å². The Labute approximate surface area is 170 Å². The number of hydrogen-bond acceptors (Lipinski definition) is 4. The minimum Gasteiger partial charge on any atom is -0.336 e. The highest BCUT2D eigenvalue weighted by Crippen LogP contribution is 2.23. The third kappa shape index (κ3) is 3.42. The Bertz CT molecular complexity index is 1190. The number of aromatic nitrogens is 2. The monoisotopic (exact) mass is 412 g/mol. The van der Waals surface area contributed by atoms with Crippen LogP contribution in [-0.2, 0) is 17.1 Å². The summed E-state index contributed by atoms with van der Waals surface area (Å²) in [5, 5.41) is 6.21. The molecular formula is C21H24N4O3S. The molecule has 3 aromatic rings. The standard InChI is InChI=1S/C21H24N4O3S/c1-15-20(16(2)23(3)22-15)21(26)24-10-12-25(13-11-24)29(27,28)19-9-8-17-6-4-5-7-18(17)14-19/h4-9,14H,10-13H2,1-3H3. The summed E-state index contributed by atoms with van der Waals surface area (Å²) in [5.74, 6) is -0.0872. The van der Waals surface area contributed by atoms with E-state index in [4.69, 9.17) is 0 Å². The average Bonchev–Trinajstić information content (AvgIpc) is 2.98. The van der Waals surface area contributed by atoms with Gasteiger partial charge in [0.1, 0.15) is 0 Å². The van der Waals surface area contributed by atoms with E-state index in [0.29, 0.717) is 24.3 Å². The summed E-state index contributed by atoms with van der Waals surface area (Å²) in [4.78, 5) is 14.9. The fraction of sp³-hybridized carbons (Fsp3) is 0.333. The van der Waals surface area contributed by atoms with Crippen LogP contribution in [0.15, 0.2) is 47.4 Å². The van der Waals surface area contributed by atoms with Gasteiger partial charge in [-0.2, -0.15) is 9.40 Å². The van der Waals surface area contributed by atoms with Crippen LogP contribution >= 0.6 is 0 Å². The van der Waals surface area contributed by atoms with Crippen LogP contribution in [0, 0.1) is 13.8 Å². The van der Waals surface area contributed by atoms with E-state index in [1.54, 1.807) is 21.7 Å². The number of sulfonamides is 1. The van der Waals surface area contributed by atoms with E-state index in [9.17, 15) is 13.2 Å². The van der Waals surface area contributed by atoms with Gasteiger partial charge in [0, 0.05) is 38.9 Å². The second-order valence-corrected chi connectivity index (χ2v) is 9.31. The number of carbonyl (C=O) groups excluding carboxylic acids is 1. The summed E-state index contributed by atoms with van der Waals surface area (Å²) in [6, 6.07) is 12.9. The largest absolute Gasteiger partial charge is 0.336 e. The molecule has 0 unspecified atom stereocenters. The maximum Gasteiger partial charge on any atom is 0.257 e. The zero-order valence-electron chi connectivity index (χ0n) is 16.8. The van der Waals surface area contributed by atoms with Gasteiger partial charge in [0.15, 0.2) is 0 Å². The van der Waals surface area contributed by atoms with E-state index in [1.165, 1.54) is 4.31 Å². The molecule has 1 aliphatic heterocycles. The Morgan fingerprint density at radius 1 is 0.966 bits per heavy atom. The van der Waals surface area contributed by atoms with E-state index in [0.717, 1.165) is 16.5 Å². The zero-order chi connectivity index (χ0) is 20.8. The summed E-state index contributed by atoms with van der Waals surface area (Å²) < 4.78 is 29.4. The minimum absolute atomic E-state index is 0.0872. The maximum atomic E-state index is 13.1. The Kier molecular flexibility index (Phi) is 4.92. The fourth-order valence-corrected chi connectivity index (χ4v) is 5.31. The number of nitrogens with zero attached hydrogens (tertiary/aromatic N) is 4. The molecule has 0 aliphatic carbocycles. The molecule has 2 heterocycles. The van der Waals surface area contributed by atoms with Crippen LogP contribution in [0.3, 0.4) is 0 Å². The zero-order valence-corrected chi connectivity index (χ0v) is 17.6. The van der Waals surface area contributed by atoms with E-state index in [2.05, 4.69) is 5.10 Å². The number of carbonyl (C=O) groups is 1. The van der Waals surface area contributed by atoms with Crippen molar-refractivity contribution >= 4 is 26.7 Å². The van der Waals surface area contributed by atoms with Crippen molar-refractivity contribution in [2.24, 2.45) is 7.05 Å². The number of hydrogen-bond donors (Lipinski definition) is 0. The molecule has 7 nitrogen and oxygen atoms in total. The number of benzene rings is 2. The molecule has 1 fully saturated rings. The SMILES string of the molecule is Cc1nn(C)c(C)c1C(=O)N1CCN(S(=O)(=O)c2ccc3ccccc3c2)CC1. The molecule has 1 saturated heterocycles. The van der Waals surface area contributed by atoms with E-state index in [1.807, 2.05) is 51.2 Å². The van der Waals surface area contributed by atoms with Gasteiger partial charge in [-0.15, -0.1) is 0 Å². The molecule has 0 N–H and O–H groups in total. The van der Waals surface area contributed by atoms with Crippen LogP contribution < -0.4 is 0 Å². The maximum absolute atomic E-state index is 13.1. The van der Waals surface area contributed by atoms with Crippen LogP contribution in [0.5, 0.6) is 0 Å². The molecule has 2 aromatic carbocycles. The van der Waals surface area contributed by atoms with Crippen molar-refractivity contribution in [3.05, 3.63) is 59.4 Å². The first-order valence-corrected chi connectivity index (χ1v) is 11.0. The van der Waals surface area contributed by atoms with Gasteiger partial charge in [0.05, 0.1) is 16.2 Å². The van der Waals surface area contributed by atoms with Gasteiger partial charge >= 0.3 is 0 Å². The summed E-state index contributed by atoms with van der Waals surface area (Å²) in [7, 11) is -1.79. The van der Waals surface area contributed by atoms with E-state index < -0.39 is 10.0 Å². The van der Waals surface area contributed by atoms with E-state index >= 15 is 0 Å². The third-order valence-corrected chi connectivity index (χ3v) is 7.50. The molecule has 1 aromatic heterocycles. The molecule has 8 heteroatoms. The first-order chi connectivity index (χ1) is 13.8. The quantitative estimate of drug-likeness (QED) is 0.662. The summed E-state index contributed by atoms with van der Waals surface area (Å²) in [5.41, 5.74) is 2.12. The van der Waals surface area contributed by atoms with Crippen molar-refractivity contribution in [1.82, 2.24) is 19.0 Å². The van der Waals surface area contributed by atoms with Crippen molar-refractivity contribution in [3.8, 4) is 0 Å².